The molecule has 2 N–H and O–H groups in total. The van der Waals surface area contributed by atoms with E-state index in [4.69, 9.17) is 4.74 Å². The number of ether oxygens (including phenoxy) is 1. The minimum atomic E-state index is -0.883. The number of hydrogen-bond acceptors (Lipinski definition) is 4. The van der Waals surface area contributed by atoms with E-state index in [1.807, 2.05) is 13.0 Å². The molecule has 0 unspecified atom stereocenters. The van der Waals surface area contributed by atoms with Crippen molar-refractivity contribution in [3.8, 4) is 0 Å². The van der Waals surface area contributed by atoms with Gasteiger partial charge in [0.25, 0.3) is 0 Å². The lowest BCUT2D eigenvalue weighted by Crippen LogP contribution is -2.22. The van der Waals surface area contributed by atoms with Crippen molar-refractivity contribution in [2.45, 2.75) is 51.9 Å². The van der Waals surface area contributed by atoms with Crippen LogP contribution in [0.3, 0.4) is 0 Å². The van der Waals surface area contributed by atoms with Crippen LogP contribution >= 0.6 is 0 Å². The number of carbonyl (C=O) groups is 1. The molecular formula is C13H22O4. The minimum Gasteiger partial charge on any atom is -0.463 e. The van der Waals surface area contributed by atoms with Gasteiger partial charge in [0, 0.05) is 6.42 Å². The highest BCUT2D eigenvalue weighted by Crippen LogP contribution is 2.06. The second kappa shape index (κ2) is 8.96. The summed E-state index contributed by atoms with van der Waals surface area (Å²) in [5.41, 5.74) is 0. The quantitative estimate of drug-likeness (QED) is 0.525. The highest BCUT2D eigenvalue weighted by molar-refractivity contribution is 5.70. The molecule has 0 aliphatic carbocycles. The minimum absolute atomic E-state index is 0.0906. The molecule has 2 atom stereocenters. The molecule has 0 bridgehead atoms. The summed E-state index contributed by atoms with van der Waals surface area (Å²) in [6, 6.07) is 0. The summed E-state index contributed by atoms with van der Waals surface area (Å²) in [6.07, 6.45) is 5.09. The summed E-state index contributed by atoms with van der Waals surface area (Å²) in [5, 5.41) is 19.1. The zero-order chi connectivity index (χ0) is 13.3. The Kier molecular flexibility index (Phi) is 8.36. The number of esters is 1. The van der Waals surface area contributed by atoms with Crippen molar-refractivity contribution >= 4 is 5.97 Å². The van der Waals surface area contributed by atoms with Crippen LogP contribution in [0.15, 0.2) is 24.3 Å². The number of allylic oxidation sites excluding steroid dienone is 3. The fourth-order valence-corrected chi connectivity index (χ4v) is 1.25. The van der Waals surface area contributed by atoms with Crippen molar-refractivity contribution in [1.29, 1.82) is 0 Å². The van der Waals surface area contributed by atoms with Crippen LogP contribution < -0.4 is 0 Å². The summed E-state index contributed by atoms with van der Waals surface area (Å²) in [5.74, 6) is -0.447. The molecule has 0 aliphatic rings. The molecule has 17 heavy (non-hydrogen) atoms. The average molecular weight is 242 g/mol. The van der Waals surface area contributed by atoms with Gasteiger partial charge in [-0.25, -0.2) is 0 Å². The van der Waals surface area contributed by atoms with E-state index >= 15 is 0 Å². The molecule has 0 fully saturated rings. The predicted octanol–water partition coefficient (Wildman–Crippen LogP) is 1.57. The monoisotopic (exact) mass is 242 g/mol. The molecule has 4 nitrogen and oxygen atoms in total. The van der Waals surface area contributed by atoms with Gasteiger partial charge >= 0.3 is 5.97 Å². The fraction of sp³-hybridized carbons (Fsp3) is 0.615. The molecule has 0 amide bonds. The summed E-state index contributed by atoms with van der Waals surface area (Å²) >= 11 is 0. The standard InChI is InChI=1S/C13H22O4/c1-4-5-6-7-11(14)8-12(15)9-13(16)17-10(2)3/h4-7,10-12,14-15H,8-9H2,1-3H3/b5-4+,7-6+/t11-,12+/m0/s1. The first-order valence-electron chi connectivity index (χ1n) is 5.80. The molecule has 0 aliphatic heterocycles. The average Bonchev–Trinajstić information content (AvgIpc) is 2.15. The molecule has 0 aromatic rings. The second-order valence-corrected chi connectivity index (χ2v) is 4.11. The van der Waals surface area contributed by atoms with Crippen molar-refractivity contribution in [3.05, 3.63) is 24.3 Å². The summed E-state index contributed by atoms with van der Waals surface area (Å²) in [7, 11) is 0. The summed E-state index contributed by atoms with van der Waals surface area (Å²) in [6.45, 7) is 5.37. The Bertz CT molecular complexity index is 269. The van der Waals surface area contributed by atoms with Gasteiger partial charge in [0.15, 0.2) is 0 Å². The highest BCUT2D eigenvalue weighted by atomic mass is 16.5. The molecule has 0 rings (SSSR count). The molecule has 0 saturated heterocycles. The Morgan fingerprint density at radius 2 is 1.94 bits per heavy atom. The van der Waals surface area contributed by atoms with Gasteiger partial charge < -0.3 is 14.9 Å². The Labute approximate surface area is 103 Å². The van der Waals surface area contributed by atoms with Crippen LogP contribution in [-0.2, 0) is 9.53 Å². The van der Waals surface area contributed by atoms with Crippen molar-refractivity contribution in [2.24, 2.45) is 0 Å². The van der Waals surface area contributed by atoms with Gasteiger partial charge in [-0.15, -0.1) is 0 Å². The zero-order valence-corrected chi connectivity index (χ0v) is 10.7. The van der Waals surface area contributed by atoms with Gasteiger partial charge in [-0.3, -0.25) is 4.79 Å². The number of hydrogen-bond donors (Lipinski definition) is 2. The van der Waals surface area contributed by atoms with E-state index in [1.54, 1.807) is 32.1 Å². The third-order valence-electron chi connectivity index (χ3n) is 1.92. The van der Waals surface area contributed by atoms with E-state index in [2.05, 4.69) is 0 Å². The topological polar surface area (TPSA) is 66.8 Å². The lowest BCUT2D eigenvalue weighted by molar-refractivity contribution is -0.149. The third-order valence-corrected chi connectivity index (χ3v) is 1.92. The highest BCUT2D eigenvalue weighted by Gasteiger charge is 2.15. The molecule has 0 aromatic heterocycles. The second-order valence-electron chi connectivity index (χ2n) is 4.11. The van der Waals surface area contributed by atoms with Gasteiger partial charge in [-0.2, -0.15) is 0 Å². The molecule has 0 spiro atoms. The van der Waals surface area contributed by atoms with Crippen LogP contribution in [0.1, 0.15) is 33.6 Å². The van der Waals surface area contributed by atoms with E-state index in [1.165, 1.54) is 0 Å². The lowest BCUT2D eigenvalue weighted by Gasteiger charge is -2.13. The predicted molar refractivity (Wildman–Crippen MR) is 66.4 cm³/mol. The largest absolute Gasteiger partial charge is 0.463 e. The SMILES string of the molecule is C/C=C/C=C/[C@H](O)C[C@@H](O)CC(=O)OC(C)C. The Balaban J connectivity index is 3.92. The first-order chi connectivity index (χ1) is 7.95. The Morgan fingerprint density at radius 3 is 2.47 bits per heavy atom. The van der Waals surface area contributed by atoms with Crippen molar-refractivity contribution in [1.82, 2.24) is 0 Å². The van der Waals surface area contributed by atoms with E-state index in [9.17, 15) is 15.0 Å². The molecule has 4 heteroatoms. The van der Waals surface area contributed by atoms with E-state index in [0.717, 1.165) is 0 Å². The van der Waals surface area contributed by atoms with Crippen LogP contribution in [0, 0.1) is 0 Å². The molecule has 98 valence electrons. The first kappa shape index (κ1) is 15.9. The van der Waals surface area contributed by atoms with E-state index < -0.39 is 18.2 Å². The maximum Gasteiger partial charge on any atom is 0.308 e. The number of rotatable bonds is 7. The number of carbonyl (C=O) groups excluding carboxylic acids is 1. The number of aliphatic hydroxyl groups excluding tert-OH is 2. The van der Waals surface area contributed by atoms with Crippen LogP contribution in [0.4, 0.5) is 0 Å². The van der Waals surface area contributed by atoms with Gasteiger partial charge in [-0.1, -0.05) is 24.3 Å². The number of aliphatic hydroxyl groups is 2. The molecule has 0 radical (unpaired) electrons. The Morgan fingerprint density at radius 1 is 1.29 bits per heavy atom. The van der Waals surface area contributed by atoms with Crippen LogP contribution in [-0.4, -0.2) is 34.5 Å². The normalized spacial score (nSPS) is 15.6. The summed E-state index contributed by atoms with van der Waals surface area (Å²) < 4.78 is 4.89. The smallest absolute Gasteiger partial charge is 0.308 e. The van der Waals surface area contributed by atoms with Gasteiger partial charge in [0.1, 0.15) is 0 Å². The molecule has 0 aromatic carbocycles. The maximum atomic E-state index is 11.2. The van der Waals surface area contributed by atoms with Gasteiger partial charge in [0.2, 0.25) is 0 Å². The van der Waals surface area contributed by atoms with Crippen molar-refractivity contribution in [3.63, 3.8) is 0 Å². The fourth-order valence-electron chi connectivity index (χ4n) is 1.25. The Hall–Kier alpha value is -1.13. The van der Waals surface area contributed by atoms with Crippen LogP contribution in [0.25, 0.3) is 0 Å². The zero-order valence-electron chi connectivity index (χ0n) is 10.7. The maximum absolute atomic E-state index is 11.2. The van der Waals surface area contributed by atoms with Crippen molar-refractivity contribution in [2.75, 3.05) is 0 Å². The van der Waals surface area contributed by atoms with Gasteiger partial charge in [-0.05, 0) is 20.8 Å². The van der Waals surface area contributed by atoms with Gasteiger partial charge in [0.05, 0.1) is 24.7 Å². The first-order valence-corrected chi connectivity index (χ1v) is 5.80. The van der Waals surface area contributed by atoms with E-state index in [0.29, 0.717) is 0 Å². The third kappa shape index (κ3) is 9.78. The van der Waals surface area contributed by atoms with Crippen molar-refractivity contribution < 1.29 is 19.7 Å². The van der Waals surface area contributed by atoms with Crippen LogP contribution in [0.5, 0.6) is 0 Å². The molecular weight excluding hydrogens is 220 g/mol. The molecule has 0 saturated carbocycles. The van der Waals surface area contributed by atoms with E-state index in [-0.39, 0.29) is 18.9 Å². The lowest BCUT2D eigenvalue weighted by atomic mass is 10.1. The molecule has 0 heterocycles. The summed E-state index contributed by atoms with van der Waals surface area (Å²) in [4.78, 5) is 11.2. The van der Waals surface area contributed by atoms with Crippen LogP contribution in [0.2, 0.25) is 0 Å².